The number of allylic oxidation sites excluding steroid dienone is 1. The van der Waals surface area contributed by atoms with Gasteiger partial charge in [-0.05, 0) is 13.8 Å². The van der Waals surface area contributed by atoms with Gasteiger partial charge < -0.3 is 10.3 Å². The summed E-state index contributed by atoms with van der Waals surface area (Å²) in [5.74, 6) is 5.72. The number of nitrogens with zero attached hydrogens (tertiary/aromatic N) is 1. The second kappa shape index (κ2) is 3.03. The molecule has 1 saturated heterocycles. The molecule has 1 heterocycles. The number of hydrazine groups is 1. The Balaban J connectivity index is 2.65. The molecular formula is C7H15N3. The first-order valence-corrected chi connectivity index (χ1v) is 3.61. The molecule has 1 rings (SSSR count). The summed E-state index contributed by atoms with van der Waals surface area (Å²) < 4.78 is 0. The number of nitrogens with two attached hydrogens (primary N) is 1. The fraction of sp³-hybridized carbons (Fsp3) is 0.714. The largest absolute Gasteiger partial charge is 0.313 e. The summed E-state index contributed by atoms with van der Waals surface area (Å²) in [4.78, 5) is 0. The minimum Gasteiger partial charge on any atom is -0.313 e. The number of hydrogen-bond donors (Lipinski definition) is 2. The van der Waals surface area contributed by atoms with Gasteiger partial charge in [0.1, 0.15) is 0 Å². The van der Waals surface area contributed by atoms with Gasteiger partial charge in [-0.15, -0.1) is 0 Å². The molecule has 0 aliphatic carbocycles. The summed E-state index contributed by atoms with van der Waals surface area (Å²) in [5.41, 5.74) is 2.53. The normalized spacial score (nSPS) is 19.5. The molecule has 0 aromatic heterocycles. The molecule has 3 N–H and O–H groups in total. The minimum atomic E-state index is 0.916. The molecule has 10 heavy (non-hydrogen) atoms. The fourth-order valence-electron chi connectivity index (χ4n) is 1.11. The van der Waals surface area contributed by atoms with Gasteiger partial charge in [-0.3, -0.25) is 0 Å². The lowest BCUT2D eigenvalue weighted by atomic mass is 10.2. The molecule has 0 spiro atoms. The Morgan fingerprint density at radius 2 is 2.30 bits per heavy atom. The van der Waals surface area contributed by atoms with E-state index >= 15 is 0 Å². The first-order valence-electron chi connectivity index (χ1n) is 3.61. The van der Waals surface area contributed by atoms with Crippen molar-refractivity contribution in [3.8, 4) is 0 Å². The van der Waals surface area contributed by atoms with E-state index in [4.69, 9.17) is 5.84 Å². The van der Waals surface area contributed by atoms with Crippen molar-refractivity contribution in [2.45, 2.75) is 13.8 Å². The van der Waals surface area contributed by atoms with Crippen molar-refractivity contribution in [2.75, 3.05) is 19.6 Å². The molecule has 0 radical (unpaired) electrons. The van der Waals surface area contributed by atoms with Crippen LogP contribution in [-0.4, -0.2) is 24.6 Å². The number of nitrogens with one attached hydrogen (secondary N) is 1. The van der Waals surface area contributed by atoms with Crippen LogP contribution in [0.15, 0.2) is 11.3 Å². The Morgan fingerprint density at radius 3 is 2.70 bits per heavy atom. The number of piperazine rings is 1. The van der Waals surface area contributed by atoms with E-state index in [-0.39, 0.29) is 0 Å². The standard InChI is InChI=1S/C7H15N3/c1-6(2)7-5-9-3-4-10(7)8/h9H,3-5,8H2,1-2H3. The van der Waals surface area contributed by atoms with Gasteiger partial charge in [-0.25, -0.2) is 5.84 Å². The topological polar surface area (TPSA) is 41.3 Å². The highest BCUT2D eigenvalue weighted by molar-refractivity contribution is 5.11. The Labute approximate surface area is 61.9 Å². The molecule has 0 aromatic carbocycles. The fourth-order valence-corrected chi connectivity index (χ4v) is 1.11. The first-order chi connectivity index (χ1) is 4.72. The Bertz CT molecular complexity index is 147. The lowest BCUT2D eigenvalue weighted by Crippen LogP contribution is -2.45. The van der Waals surface area contributed by atoms with E-state index in [0.717, 1.165) is 19.6 Å². The van der Waals surface area contributed by atoms with Crippen LogP contribution >= 0.6 is 0 Å². The average molecular weight is 141 g/mol. The van der Waals surface area contributed by atoms with E-state index < -0.39 is 0 Å². The second-order valence-corrected chi connectivity index (χ2v) is 2.82. The molecular weight excluding hydrogens is 126 g/mol. The van der Waals surface area contributed by atoms with Gasteiger partial charge in [0.05, 0.1) is 0 Å². The van der Waals surface area contributed by atoms with Gasteiger partial charge in [0, 0.05) is 25.3 Å². The van der Waals surface area contributed by atoms with Crippen LogP contribution in [-0.2, 0) is 0 Å². The maximum Gasteiger partial charge on any atom is 0.0464 e. The molecule has 0 aromatic rings. The lowest BCUT2D eigenvalue weighted by Gasteiger charge is -2.28. The molecule has 0 unspecified atom stereocenters. The van der Waals surface area contributed by atoms with Crippen molar-refractivity contribution >= 4 is 0 Å². The SMILES string of the molecule is CC(C)=C1CNCCN1N. The van der Waals surface area contributed by atoms with Crippen molar-refractivity contribution in [3.05, 3.63) is 11.3 Å². The molecule has 3 heteroatoms. The van der Waals surface area contributed by atoms with Crippen LogP contribution in [0.1, 0.15) is 13.8 Å². The number of rotatable bonds is 0. The van der Waals surface area contributed by atoms with E-state index in [1.807, 2.05) is 5.01 Å². The molecule has 0 amide bonds. The third kappa shape index (κ3) is 1.49. The van der Waals surface area contributed by atoms with Crippen LogP contribution in [0.3, 0.4) is 0 Å². The van der Waals surface area contributed by atoms with Gasteiger partial charge >= 0.3 is 0 Å². The van der Waals surface area contributed by atoms with Gasteiger partial charge in [-0.1, -0.05) is 5.57 Å². The summed E-state index contributed by atoms with van der Waals surface area (Å²) in [6.07, 6.45) is 0. The van der Waals surface area contributed by atoms with Crippen molar-refractivity contribution in [2.24, 2.45) is 5.84 Å². The molecule has 0 bridgehead atoms. The van der Waals surface area contributed by atoms with Crippen LogP contribution in [0.5, 0.6) is 0 Å². The summed E-state index contributed by atoms with van der Waals surface area (Å²) in [5, 5.41) is 5.09. The quantitative estimate of drug-likeness (QED) is 0.469. The van der Waals surface area contributed by atoms with Gasteiger partial charge in [0.15, 0.2) is 0 Å². The van der Waals surface area contributed by atoms with Crippen LogP contribution in [0.25, 0.3) is 0 Å². The zero-order valence-corrected chi connectivity index (χ0v) is 6.65. The summed E-state index contributed by atoms with van der Waals surface area (Å²) in [7, 11) is 0. The van der Waals surface area contributed by atoms with Crippen LogP contribution in [0.2, 0.25) is 0 Å². The Hall–Kier alpha value is -0.540. The molecule has 1 aliphatic rings. The predicted octanol–water partition coefficient (Wildman–Crippen LogP) is 0.0592. The maximum absolute atomic E-state index is 5.72. The Morgan fingerprint density at radius 1 is 1.60 bits per heavy atom. The molecule has 1 fully saturated rings. The molecule has 0 atom stereocenters. The molecule has 3 nitrogen and oxygen atoms in total. The Kier molecular flexibility index (Phi) is 2.29. The van der Waals surface area contributed by atoms with E-state index in [1.54, 1.807) is 0 Å². The zero-order chi connectivity index (χ0) is 7.56. The monoisotopic (exact) mass is 141 g/mol. The summed E-state index contributed by atoms with van der Waals surface area (Å²) in [6.45, 7) is 7.00. The molecule has 1 aliphatic heterocycles. The average Bonchev–Trinajstić information content (AvgIpc) is 1.88. The van der Waals surface area contributed by atoms with E-state index in [9.17, 15) is 0 Å². The van der Waals surface area contributed by atoms with Crippen LogP contribution in [0, 0.1) is 0 Å². The lowest BCUT2D eigenvalue weighted by molar-refractivity contribution is 0.308. The van der Waals surface area contributed by atoms with Crippen molar-refractivity contribution in [3.63, 3.8) is 0 Å². The molecule has 0 saturated carbocycles. The third-order valence-electron chi connectivity index (χ3n) is 1.75. The van der Waals surface area contributed by atoms with E-state index in [2.05, 4.69) is 19.2 Å². The van der Waals surface area contributed by atoms with Gasteiger partial charge in [0.2, 0.25) is 0 Å². The summed E-state index contributed by atoms with van der Waals surface area (Å²) in [6, 6.07) is 0. The van der Waals surface area contributed by atoms with E-state index in [1.165, 1.54) is 11.3 Å². The van der Waals surface area contributed by atoms with E-state index in [0.29, 0.717) is 0 Å². The highest BCUT2D eigenvalue weighted by Gasteiger charge is 2.10. The number of hydrogen-bond acceptors (Lipinski definition) is 3. The smallest absolute Gasteiger partial charge is 0.0464 e. The zero-order valence-electron chi connectivity index (χ0n) is 6.65. The second-order valence-electron chi connectivity index (χ2n) is 2.82. The predicted molar refractivity (Wildman–Crippen MR) is 42.1 cm³/mol. The third-order valence-corrected chi connectivity index (χ3v) is 1.75. The summed E-state index contributed by atoms with van der Waals surface area (Å²) >= 11 is 0. The van der Waals surface area contributed by atoms with Crippen molar-refractivity contribution in [1.29, 1.82) is 0 Å². The van der Waals surface area contributed by atoms with Crippen LogP contribution < -0.4 is 11.2 Å². The first kappa shape index (κ1) is 7.57. The highest BCUT2D eigenvalue weighted by Crippen LogP contribution is 2.06. The minimum absolute atomic E-state index is 0.916. The van der Waals surface area contributed by atoms with Gasteiger partial charge in [0.25, 0.3) is 0 Å². The highest BCUT2D eigenvalue weighted by atomic mass is 15.4. The van der Waals surface area contributed by atoms with Gasteiger partial charge in [-0.2, -0.15) is 0 Å². The van der Waals surface area contributed by atoms with Crippen molar-refractivity contribution < 1.29 is 0 Å². The van der Waals surface area contributed by atoms with Crippen LogP contribution in [0.4, 0.5) is 0 Å². The van der Waals surface area contributed by atoms with Crippen molar-refractivity contribution in [1.82, 2.24) is 10.3 Å². The maximum atomic E-state index is 5.72. The molecule has 58 valence electrons.